The minimum atomic E-state index is -1.04. The predicted octanol–water partition coefficient (Wildman–Crippen LogP) is 2.49. The molecule has 0 saturated carbocycles. The van der Waals surface area contributed by atoms with Gasteiger partial charge in [0.25, 0.3) is 0 Å². The Morgan fingerprint density at radius 1 is 0.941 bits per heavy atom. The minimum absolute atomic E-state index is 0.183. The van der Waals surface area contributed by atoms with Gasteiger partial charge in [-0.1, -0.05) is 48.5 Å². The summed E-state index contributed by atoms with van der Waals surface area (Å²) in [5, 5.41) is 0. The molecule has 0 amide bonds. The van der Waals surface area contributed by atoms with Gasteiger partial charge in [0, 0.05) is 16.7 Å². The third-order valence-electron chi connectivity index (χ3n) is 2.56. The first kappa shape index (κ1) is 12.0. The summed E-state index contributed by atoms with van der Waals surface area (Å²) in [5.74, 6) is 0.452. The average molecular weight is 245 g/mol. The van der Waals surface area contributed by atoms with Crippen molar-refractivity contribution in [2.45, 2.75) is 10.9 Å². The molecule has 2 rings (SSSR count). The summed E-state index contributed by atoms with van der Waals surface area (Å²) >= 11 is 0. The molecule has 0 radical (unpaired) electrons. The van der Waals surface area contributed by atoms with Crippen LogP contribution in [0.25, 0.3) is 0 Å². The fourth-order valence-corrected chi connectivity index (χ4v) is 2.80. The van der Waals surface area contributed by atoms with E-state index in [1.807, 2.05) is 60.7 Å². The molecule has 0 aromatic heterocycles. The minimum Gasteiger partial charge on any atom is -0.323 e. The Bertz CT molecular complexity index is 484. The first-order valence-corrected chi connectivity index (χ1v) is 6.83. The van der Waals surface area contributed by atoms with E-state index in [0.717, 1.165) is 10.5 Å². The Morgan fingerprint density at radius 2 is 1.47 bits per heavy atom. The number of hydrogen-bond donors (Lipinski definition) is 1. The average Bonchev–Trinajstić information content (AvgIpc) is 2.40. The summed E-state index contributed by atoms with van der Waals surface area (Å²) in [6.07, 6.45) is 0. The van der Waals surface area contributed by atoms with E-state index in [-0.39, 0.29) is 6.04 Å². The topological polar surface area (TPSA) is 43.1 Å². The zero-order chi connectivity index (χ0) is 12.1. The van der Waals surface area contributed by atoms with Gasteiger partial charge >= 0.3 is 0 Å². The highest BCUT2D eigenvalue weighted by Crippen LogP contribution is 2.14. The molecule has 2 atom stereocenters. The van der Waals surface area contributed by atoms with E-state index >= 15 is 0 Å². The van der Waals surface area contributed by atoms with Crippen LogP contribution in [0.4, 0.5) is 0 Å². The molecule has 0 aliphatic rings. The number of rotatable bonds is 4. The van der Waals surface area contributed by atoms with Gasteiger partial charge in [-0.25, -0.2) is 0 Å². The molecule has 0 heterocycles. The Morgan fingerprint density at radius 3 is 2.06 bits per heavy atom. The van der Waals surface area contributed by atoms with Gasteiger partial charge in [-0.05, 0) is 17.7 Å². The van der Waals surface area contributed by atoms with Crippen LogP contribution in [0, 0.1) is 0 Å². The number of benzene rings is 2. The van der Waals surface area contributed by atoms with Crippen LogP contribution in [-0.2, 0) is 10.8 Å². The van der Waals surface area contributed by atoms with Gasteiger partial charge in [-0.2, -0.15) is 0 Å². The maximum absolute atomic E-state index is 12.1. The van der Waals surface area contributed by atoms with Crippen LogP contribution in [0.1, 0.15) is 11.6 Å². The fraction of sp³-hybridized carbons (Fsp3) is 0.143. The van der Waals surface area contributed by atoms with E-state index in [1.54, 1.807) is 0 Å². The van der Waals surface area contributed by atoms with E-state index in [0.29, 0.717) is 5.75 Å². The Labute approximate surface area is 104 Å². The van der Waals surface area contributed by atoms with Crippen LogP contribution in [0.5, 0.6) is 0 Å². The Balaban J connectivity index is 2.05. The molecule has 0 saturated heterocycles. The standard InChI is InChI=1S/C14H15NOS/c15-14(12-7-3-1-4-8-12)11-17(16)13-9-5-2-6-10-13/h1-10,14H,11,15H2/t14-,17?/m0/s1. The van der Waals surface area contributed by atoms with Crippen LogP contribution < -0.4 is 5.73 Å². The SMILES string of the molecule is N[C@@H](CS(=O)c1ccccc1)c1ccccc1. The normalized spacial score (nSPS) is 14.2. The molecule has 0 spiro atoms. The molecule has 88 valence electrons. The lowest BCUT2D eigenvalue weighted by molar-refractivity contribution is 0.675. The second kappa shape index (κ2) is 5.75. The fourth-order valence-electron chi connectivity index (χ4n) is 1.63. The Hall–Kier alpha value is -1.45. The summed E-state index contributed by atoms with van der Waals surface area (Å²) in [5.41, 5.74) is 7.06. The number of nitrogens with two attached hydrogens (primary N) is 1. The first-order chi connectivity index (χ1) is 8.27. The zero-order valence-corrected chi connectivity index (χ0v) is 10.3. The highest BCUT2D eigenvalue weighted by Gasteiger charge is 2.11. The van der Waals surface area contributed by atoms with Crippen molar-refractivity contribution >= 4 is 10.8 Å². The van der Waals surface area contributed by atoms with Crippen LogP contribution >= 0.6 is 0 Å². The van der Waals surface area contributed by atoms with E-state index in [1.165, 1.54) is 0 Å². The van der Waals surface area contributed by atoms with Crippen molar-refractivity contribution in [3.05, 3.63) is 66.2 Å². The van der Waals surface area contributed by atoms with Crippen molar-refractivity contribution in [2.75, 3.05) is 5.75 Å². The maximum atomic E-state index is 12.1. The molecular weight excluding hydrogens is 230 g/mol. The van der Waals surface area contributed by atoms with Gasteiger partial charge in [0.2, 0.25) is 0 Å². The Kier molecular flexibility index (Phi) is 4.07. The second-order valence-corrected chi connectivity index (χ2v) is 5.34. The molecule has 2 aromatic rings. The third kappa shape index (κ3) is 3.25. The molecule has 0 aliphatic carbocycles. The molecule has 3 heteroatoms. The highest BCUT2D eigenvalue weighted by atomic mass is 32.2. The van der Waals surface area contributed by atoms with Crippen LogP contribution in [-0.4, -0.2) is 9.96 Å². The van der Waals surface area contributed by atoms with Gasteiger partial charge in [-0.15, -0.1) is 0 Å². The largest absolute Gasteiger partial charge is 0.323 e. The van der Waals surface area contributed by atoms with Gasteiger partial charge in [0.15, 0.2) is 0 Å². The molecule has 0 bridgehead atoms. The van der Waals surface area contributed by atoms with E-state index in [4.69, 9.17) is 5.73 Å². The van der Waals surface area contributed by atoms with Crippen LogP contribution in [0.15, 0.2) is 65.6 Å². The van der Waals surface area contributed by atoms with Crippen LogP contribution in [0.3, 0.4) is 0 Å². The van der Waals surface area contributed by atoms with Crippen molar-refractivity contribution in [1.82, 2.24) is 0 Å². The summed E-state index contributed by atoms with van der Waals surface area (Å²) in [7, 11) is -1.04. The lowest BCUT2D eigenvalue weighted by Gasteiger charge is -2.11. The van der Waals surface area contributed by atoms with E-state index < -0.39 is 10.8 Å². The number of hydrogen-bond acceptors (Lipinski definition) is 2. The van der Waals surface area contributed by atoms with E-state index in [9.17, 15) is 4.21 Å². The summed E-state index contributed by atoms with van der Waals surface area (Å²) in [6, 6.07) is 19.0. The van der Waals surface area contributed by atoms with Gasteiger partial charge in [0.05, 0.1) is 10.8 Å². The second-order valence-electron chi connectivity index (χ2n) is 3.84. The molecule has 17 heavy (non-hydrogen) atoms. The van der Waals surface area contributed by atoms with Crippen LogP contribution in [0.2, 0.25) is 0 Å². The quantitative estimate of drug-likeness (QED) is 0.899. The molecule has 0 fully saturated rings. The third-order valence-corrected chi connectivity index (χ3v) is 4.02. The molecule has 0 aliphatic heterocycles. The van der Waals surface area contributed by atoms with Crippen molar-refractivity contribution < 1.29 is 4.21 Å². The van der Waals surface area contributed by atoms with Gasteiger partial charge < -0.3 is 5.73 Å². The first-order valence-electron chi connectivity index (χ1n) is 5.51. The highest BCUT2D eigenvalue weighted by molar-refractivity contribution is 7.85. The lowest BCUT2D eigenvalue weighted by atomic mass is 10.1. The molecular formula is C14H15NOS. The monoisotopic (exact) mass is 245 g/mol. The maximum Gasteiger partial charge on any atom is 0.0548 e. The molecule has 2 N–H and O–H groups in total. The van der Waals surface area contributed by atoms with Crippen molar-refractivity contribution in [1.29, 1.82) is 0 Å². The van der Waals surface area contributed by atoms with Crippen molar-refractivity contribution in [3.8, 4) is 0 Å². The lowest BCUT2D eigenvalue weighted by Crippen LogP contribution is -2.18. The van der Waals surface area contributed by atoms with Gasteiger partial charge in [-0.3, -0.25) is 4.21 Å². The van der Waals surface area contributed by atoms with Crippen molar-refractivity contribution in [3.63, 3.8) is 0 Å². The molecule has 2 nitrogen and oxygen atoms in total. The molecule has 2 aromatic carbocycles. The molecule has 1 unspecified atom stereocenters. The summed E-state index contributed by atoms with van der Waals surface area (Å²) in [4.78, 5) is 0.832. The van der Waals surface area contributed by atoms with Crippen molar-refractivity contribution in [2.24, 2.45) is 5.73 Å². The van der Waals surface area contributed by atoms with E-state index in [2.05, 4.69) is 0 Å². The predicted molar refractivity (Wildman–Crippen MR) is 71.1 cm³/mol. The van der Waals surface area contributed by atoms with Gasteiger partial charge in [0.1, 0.15) is 0 Å². The summed E-state index contributed by atoms with van der Waals surface area (Å²) < 4.78 is 12.1. The zero-order valence-electron chi connectivity index (χ0n) is 9.45. The summed E-state index contributed by atoms with van der Waals surface area (Å²) in [6.45, 7) is 0. The smallest absolute Gasteiger partial charge is 0.0548 e.